The highest BCUT2D eigenvalue weighted by Crippen LogP contribution is 2.10. The van der Waals surface area contributed by atoms with E-state index < -0.39 is 0 Å². The standard InChI is InChI=1S/C8H9N3.2C2H6/c1-5-6(2)10-11-7(3)8(5)4-9;2*1-2/h1-3H3;2*1-2H3. The predicted octanol–water partition coefficient (Wildman–Crippen LogP) is 3.33. The van der Waals surface area contributed by atoms with Gasteiger partial charge in [0.25, 0.3) is 0 Å². The molecule has 1 aromatic rings. The Hall–Kier alpha value is -1.43. The van der Waals surface area contributed by atoms with Crippen LogP contribution in [0.1, 0.15) is 50.2 Å². The van der Waals surface area contributed by atoms with Crippen molar-refractivity contribution in [2.24, 2.45) is 0 Å². The zero-order chi connectivity index (χ0) is 12.4. The van der Waals surface area contributed by atoms with Gasteiger partial charge in [-0.25, -0.2) is 0 Å². The van der Waals surface area contributed by atoms with E-state index in [-0.39, 0.29) is 0 Å². The lowest BCUT2D eigenvalue weighted by Gasteiger charge is -2.01. The third-order valence-electron chi connectivity index (χ3n) is 1.74. The van der Waals surface area contributed by atoms with E-state index in [0.717, 1.165) is 11.3 Å². The molecule has 3 heteroatoms. The molecule has 0 atom stereocenters. The Balaban J connectivity index is 0. The summed E-state index contributed by atoms with van der Waals surface area (Å²) in [5, 5.41) is 16.4. The lowest BCUT2D eigenvalue weighted by molar-refractivity contribution is 0.916. The second kappa shape index (κ2) is 9.14. The molecular weight excluding hydrogens is 186 g/mol. The monoisotopic (exact) mass is 207 g/mol. The Kier molecular flexibility index (Phi) is 9.76. The SMILES string of the molecule is CC.CC.Cc1nnc(C)c(C#N)c1C. The fourth-order valence-corrected chi connectivity index (χ4v) is 0.892. The molecular formula is C12H21N3. The Bertz CT molecular complexity index is 324. The second-order valence-corrected chi connectivity index (χ2v) is 2.48. The lowest BCUT2D eigenvalue weighted by atomic mass is 10.1. The van der Waals surface area contributed by atoms with Crippen LogP contribution in [0.3, 0.4) is 0 Å². The Morgan fingerprint density at radius 3 is 1.60 bits per heavy atom. The average molecular weight is 207 g/mol. The van der Waals surface area contributed by atoms with Crippen LogP contribution in [0.2, 0.25) is 0 Å². The van der Waals surface area contributed by atoms with Gasteiger partial charge in [0.2, 0.25) is 0 Å². The predicted molar refractivity (Wildman–Crippen MR) is 63.7 cm³/mol. The summed E-state index contributed by atoms with van der Waals surface area (Å²) in [5.74, 6) is 0. The van der Waals surface area contributed by atoms with Gasteiger partial charge in [-0.1, -0.05) is 27.7 Å². The van der Waals surface area contributed by atoms with Crippen molar-refractivity contribution in [3.8, 4) is 6.07 Å². The number of aromatic nitrogens is 2. The second-order valence-electron chi connectivity index (χ2n) is 2.48. The van der Waals surface area contributed by atoms with Crippen LogP contribution < -0.4 is 0 Å². The fourth-order valence-electron chi connectivity index (χ4n) is 0.892. The highest BCUT2D eigenvalue weighted by Gasteiger charge is 2.05. The molecule has 3 nitrogen and oxygen atoms in total. The van der Waals surface area contributed by atoms with E-state index in [1.54, 1.807) is 6.92 Å². The number of nitrogens with zero attached hydrogens (tertiary/aromatic N) is 3. The van der Waals surface area contributed by atoms with Gasteiger partial charge in [-0.15, -0.1) is 0 Å². The van der Waals surface area contributed by atoms with Crippen LogP contribution in [-0.2, 0) is 0 Å². The molecule has 0 aliphatic heterocycles. The van der Waals surface area contributed by atoms with E-state index in [1.807, 2.05) is 41.5 Å². The van der Waals surface area contributed by atoms with Crippen LogP contribution in [0.4, 0.5) is 0 Å². The first kappa shape index (κ1) is 16.0. The van der Waals surface area contributed by atoms with Crippen LogP contribution in [0.25, 0.3) is 0 Å². The summed E-state index contributed by atoms with van der Waals surface area (Å²) in [7, 11) is 0. The molecule has 0 unspecified atom stereocenters. The maximum atomic E-state index is 8.71. The third-order valence-corrected chi connectivity index (χ3v) is 1.74. The van der Waals surface area contributed by atoms with Gasteiger partial charge < -0.3 is 0 Å². The lowest BCUT2D eigenvalue weighted by Crippen LogP contribution is -1.98. The van der Waals surface area contributed by atoms with E-state index in [4.69, 9.17) is 5.26 Å². The van der Waals surface area contributed by atoms with Gasteiger partial charge >= 0.3 is 0 Å². The van der Waals surface area contributed by atoms with Gasteiger partial charge in [-0.2, -0.15) is 15.5 Å². The van der Waals surface area contributed by atoms with Crippen molar-refractivity contribution in [3.05, 3.63) is 22.5 Å². The summed E-state index contributed by atoms with van der Waals surface area (Å²) in [5.41, 5.74) is 3.11. The molecule has 0 aliphatic carbocycles. The minimum atomic E-state index is 0.650. The van der Waals surface area contributed by atoms with E-state index in [0.29, 0.717) is 11.3 Å². The first-order valence-corrected chi connectivity index (χ1v) is 5.37. The Morgan fingerprint density at radius 1 is 0.867 bits per heavy atom. The van der Waals surface area contributed by atoms with E-state index in [9.17, 15) is 0 Å². The first-order chi connectivity index (χ1) is 7.16. The van der Waals surface area contributed by atoms with E-state index >= 15 is 0 Å². The van der Waals surface area contributed by atoms with E-state index in [2.05, 4.69) is 16.3 Å². The molecule has 0 radical (unpaired) electrons. The third kappa shape index (κ3) is 4.55. The highest BCUT2D eigenvalue weighted by atomic mass is 15.1. The molecule has 0 fully saturated rings. The number of nitriles is 1. The highest BCUT2D eigenvalue weighted by molar-refractivity contribution is 5.40. The van der Waals surface area contributed by atoms with E-state index in [1.165, 1.54) is 0 Å². The molecule has 0 amide bonds. The van der Waals surface area contributed by atoms with Gasteiger partial charge in [0.1, 0.15) is 6.07 Å². The molecule has 0 aromatic carbocycles. The quantitative estimate of drug-likeness (QED) is 0.655. The first-order valence-electron chi connectivity index (χ1n) is 5.37. The molecule has 1 aromatic heterocycles. The van der Waals surface area contributed by atoms with Crippen molar-refractivity contribution >= 4 is 0 Å². The number of hydrogen-bond donors (Lipinski definition) is 0. The summed E-state index contributed by atoms with van der Waals surface area (Å²) < 4.78 is 0. The van der Waals surface area contributed by atoms with Crippen molar-refractivity contribution in [3.63, 3.8) is 0 Å². The zero-order valence-electron chi connectivity index (χ0n) is 10.8. The Morgan fingerprint density at radius 2 is 1.27 bits per heavy atom. The maximum absolute atomic E-state index is 8.71. The molecule has 84 valence electrons. The number of aryl methyl sites for hydroxylation is 2. The topological polar surface area (TPSA) is 49.6 Å². The van der Waals surface area contributed by atoms with Crippen LogP contribution in [0.5, 0.6) is 0 Å². The zero-order valence-corrected chi connectivity index (χ0v) is 10.8. The molecule has 0 saturated heterocycles. The largest absolute Gasteiger partial charge is 0.192 e. The summed E-state index contributed by atoms with van der Waals surface area (Å²) >= 11 is 0. The number of rotatable bonds is 0. The summed E-state index contributed by atoms with van der Waals surface area (Å²) in [4.78, 5) is 0. The molecule has 1 rings (SSSR count). The minimum Gasteiger partial charge on any atom is -0.192 e. The van der Waals surface area contributed by atoms with Crippen LogP contribution >= 0.6 is 0 Å². The smallest absolute Gasteiger partial charge is 0.101 e. The van der Waals surface area contributed by atoms with Crippen molar-refractivity contribution in [1.29, 1.82) is 5.26 Å². The normalized spacial score (nSPS) is 7.60. The van der Waals surface area contributed by atoms with Gasteiger partial charge in [0.15, 0.2) is 0 Å². The van der Waals surface area contributed by atoms with Gasteiger partial charge in [-0.3, -0.25) is 0 Å². The van der Waals surface area contributed by atoms with Crippen molar-refractivity contribution in [2.75, 3.05) is 0 Å². The van der Waals surface area contributed by atoms with Gasteiger partial charge in [0, 0.05) is 0 Å². The van der Waals surface area contributed by atoms with Crippen LogP contribution in [0, 0.1) is 32.1 Å². The molecule has 0 aliphatic rings. The minimum absolute atomic E-state index is 0.650. The molecule has 0 spiro atoms. The maximum Gasteiger partial charge on any atom is 0.101 e. The molecule has 0 saturated carbocycles. The molecule has 15 heavy (non-hydrogen) atoms. The molecule has 0 N–H and O–H groups in total. The van der Waals surface area contributed by atoms with Crippen molar-refractivity contribution < 1.29 is 0 Å². The Labute approximate surface area is 93.2 Å². The molecule has 1 heterocycles. The van der Waals surface area contributed by atoms with Crippen molar-refractivity contribution in [1.82, 2.24) is 10.2 Å². The molecule has 0 bridgehead atoms. The number of hydrogen-bond acceptors (Lipinski definition) is 3. The summed E-state index contributed by atoms with van der Waals surface area (Å²) in [6, 6.07) is 2.10. The van der Waals surface area contributed by atoms with Crippen LogP contribution in [0.15, 0.2) is 0 Å². The van der Waals surface area contributed by atoms with Gasteiger partial charge in [0.05, 0.1) is 17.0 Å². The summed E-state index contributed by atoms with van der Waals surface area (Å²) in [6.07, 6.45) is 0. The van der Waals surface area contributed by atoms with Crippen molar-refractivity contribution in [2.45, 2.75) is 48.5 Å². The van der Waals surface area contributed by atoms with Crippen LogP contribution in [-0.4, -0.2) is 10.2 Å². The fraction of sp³-hybridized carbons (Fsp3) is 0.583. The average Bonchev–Trinajstić information content (AvgIpc) is 2.30. The summed E-state index contributed by atoms with van der Waals surface area (Å²) in [6.45, 7) is 13.5. The van der Waals surface area contributed by atoms with Gasteiger partial charge in [-0.05, 0) is 26.3 Å².